The van der Waals surface area contributed by atoms with E-state index in [1.807, 2.05) is 39.5 Å². The van der Waals surface area contributed by atoms with Crippen LogP contribution in [-0.2, 0) is 9.53 Å². The molecule has 146 valence electrons. The average Bonchev–Trinajstić information content (AvgIpc) is 3.26. The van der Waals surface area contributed by atoms with Gasteiger partial charge in [-0.1, -0.05) is 13.8 Å². The van der Waals surface area contributed by atoms with Crippen LogP contribution in [-0.4, -0.2) is 53.7 Å². The Morgan fingerprint density at radius 3 is 2.24 bits per heavy atom. The van der Waals surface area contributed by atoms with E-state index in [9.17, 15) is 9.59 Å². The Labute approximate surface area is 153 Å². The van der Waals surface area contributed by atoms with Gasteiger partial charge in [0.15, 0.2) is 0 Å². The van der Waals surface area contributed by atoms with E-state index in [2.05, 4.69) is 24.5 Å². The van der Waals surface area contributed by atoms with Gasteiger partial charge >= 0.3 is 6.09 Å². The first-order valence-corrected chi connectivity index (χ1v) is 9.47. The molecule has 25 heavy (non-hydrogen) atoms. The molecule has 1 saturated carbocycles. The van der Waals surface area contributed by atoms with Crippen LogP contribution in [0.15, 0.2) is 0 Å². The van der Waals surface area contributed by atoms with E-state index < -0.39 is 11.7 Å². The highest BCUT2D eigenvalue weighted by Gasteiger charge is 2.33. The number of amides is 2. The van der Waals surface area contributed by atoms with Gasteiger partial charge in [-0.2, -0.15) is 0 Å². The van der Waals surface area contributed by atoms with Crippen molar-refractivity contribution in [3.8, 4) is 0 Å². The van der Waals surface area contributed by atoms with Crippen LogP contribution in [0.1, 0.15) is 67.7 Å². The Kier molecular flexibility index (Phi) is 7.72. The molecule has 0 radical (unpaired) electrons. The number of hydrogen-bond donors (Lipinski definition) is 2. The molecule has 1 fully saturated rings. The number of alkyl carbamates (subject to hydrolysis) is 1. The first-order valence-electron chi connectivity index (χ1n) is 9.47. The zero-order valence-corrected chi connectivity index (χ0v) is 17.1. The average molecular weight is 356 g/mol. The van der Waals surface area contributed by atoms with E-state index >= 15 is 0 Å². The van der Waals surface area contributed by atoms with Crippen molar-refractivity contribution in [3.63, 3.8) is 0 Å². The van der Waals surface area contributed by atoms with Crippen molar-refractivity contribution in [2.45, 2.75) is 84.9 Å². The molecule has 2 N–H and O–H groups in total. The molecule has 0 spiro atoms. The summed E-state index contributed by atoms with van der Waals surface area (Å²) in [5.41, 5.74) is -0.877. The molecule has 0 aromatic rings. The van der Waals surface area contributed by atoms with Crippen LogP contribution in [0.4, 0.5) is 4.79 Å². The SMILES string of the molecule is CCN(C(=O)CN[C@](C)(CNC(=O)OC(C)(C)C)CC(C)C)C1CC1. The number of nitrogens with one attached hydrogen (secondary N) is 2. The maximum absolute atomic E-state index is 12.5. The summed E-state index contributed by atoms with van der Waals surface area (Å²) in [6, 6.07) is 0.426. The number of ether oxygens (including phenoxy) is 1. The van der Waals surface area contributed by atoms with Crippen LogP contribution >= 0.6 is 0 Å². The summed E-state index contributed by atoms with van der Waals surface area (Å²) in [7, 11) is 0. The van der Waals surface area contributed by atoms with Gasteiger partial charge in [0.05, 0.1) is 6.54 Å². The van der Waals surface area contributed by atoms with Crippen molar-refractivity contribution in [1.82, 2.24) is 15.5 Å². The molecule has 1 aliphatic carbocycles. The maximum atomic E-state index is 12.5. The summed E-state index contributed by atoms with van der Waals surface area (Å²) in [6.45, 7) is 15.3. The van der Waals surface area contributed by atoms with Gasteiger partial charge in [0.2, 0.25) is 5.91 Å². The van der Waals surface area contributed by atoms with Crippen molar-refractivity contribution in [2.24, 2.45) is 5.92 Å². The fraction of sp³-hybridized carbons (Fsp3) is 0.895. The molecule has 0 aromatic heterocycles. The minimum atomic E-state index is -0.520. The van der Waals surface area contributed by atoms with Crippen LogP contribution in [0.5, 0.6) is 0 Å². The zero-order chi connectivity index (χ0) is 19.3. The molecular weight excluding hydrogens is 318 g/mol. The highest BCUT2D eigenvalue weighted by molar-refractivity contribution is 5.79. The van der Waals surface area contributed by atoms with Crippen LogP contribution in [0.3, 0.4) is 0 Å². The first kappa shape index (κ1) is 21.7. The Bertz CT molecular complexity index is 455. The second-order valence-electron chi connectivity index (χ2n) is 8.78. The summed E-state index contributed by atoms with van der Waals surface area (Å²) in [4.78, 5) is 26.4. The predicted octanol–water partition coefficient (Wildman–Crippen LogP) is 2.92. The van der Waals surface area contributed by atoms with E-state index in [4.69, 9.17) is 4.74 Å². The Hall–Kier alpha value is -1.30. The fourth-order valence-electron chi connectivity index (χ4n) is 3.10. The normalized spacial score (nSPS) is 17.1. The molecule has 0 aromatic carbocycles. The lowest BCUT2D eigenvalue weighted by Crippen LogP contribution is -2.55. The van der Waals surface area contributed by atoms with Crippen LogP contribution in [0, 0.1) is 5.92 Å². The monoisotopic (exact) mass is 355 g/mol. The third-order valence-electron chi connectivity index (χ3n) is 4.20. The van der Waals surface area contributed by atoms with E-state index in [1.54, 1.807) is 0 Å². The topological polar surface area (TPSA) is 70.7 Å². The number of rotatable bonds is 9. The molecule has 2 amide bonds. The molecule has 6 heteroatoms. The van der Waals surface area contributed by atoms with Gasteiger partial charge in [0, 0.05) is 24.7 Å². The summed E-state index contributed by atoms with van der Waals surface area (Å²) in [5.74, 6) is 0.580. The highest BCUT2D eigenvalue weighted by Crippen LogP contribution is 2.26. The molecule has 0 saturated heterocycles. The van der Waals surface area contributed by atoms with Crippen molar-refractivity contribution in [3.05, 3.63) is 0 Å². The van der Waals surface area contributed by atoms with Crippen molar-refractivity contribution in [1.29, 1.82) is 0 Å². The minimum Gasteiger partial charge on any atom is -0.444 e. The van der Waals surface area contributed by atoms with Gasteiger partial charge in [-0.3, -0.25) is 4.79 Å². The van der Waals surface area contributed by atoms with Crippen molar-refractivity contribution < 1.29 is 14.3 Å². The molecular formula is C19H37N3O3. The van der Waals surface area contributed by atoms with Crippen LogP contribution < -0.4 is 10.6 Å². The predicted molar refractivity (Wildman–Crippen MR) is 101 cm³/mol. The van der Waals surface area contributed by atoms with Crippen molar-refractivity contribution in [2.75, 3.05) is 19.6 Å². The fourth-order valence-corrected chi connectivity index (χ4v) is 3.10. The highest BCUT2D eigenvalue weighted by atomic mass is 16.6. The number of likely N-dealkylation sites (N-methyl/N-ethyl adjacent to an activating group) is 1. The lowest BCUT2D eigenvalue weighted by molar-refractivity contribution is -0.131. The standard InChI is InChI=1S/C19H37N3O3/c1-8-22(15-9-10-15)16(23)12-21-19(7,11-14(2)3)13-20-17(24)25-18(4,5)6/h14-15,21H,8-13H2,1-7H3,(H,20,24)/t19-/m0/s1. The number of carbonyl (C=O) groups excluding carboxylic acids is 2. The molecule has 1 aliphatic rings. The van der Waals surface area contributed by atoms with Crippen molar-refractivity contribution >= 4 is 12.0 Å². The van der Waals surface area contributed by atoms with Gasteiger partial charge in [-0.15, -0.1) is 0 Å². The Balaban J connectivity index is 2.58. The summed E-state index contributed by atoms with van der Waals surface area (Å²) >= 11 is 0. The first-order chi connectivity index (χ1) is 11.5. The number of carbonyl (C=O) groups is 2. The molecule has 6 nitrogen and oxygen atoms in total. The molecule has 0 heterocycles. The van der Waals surface area contributed by atoms with Gasteiger partial charge in [0.25, 0.3) is 0 Å². The summed E-state index contributed by atoms with van der Waals surface area (Å²) < 4.78 is 5.31. The van der Waals surface area contributed by atoms with E-state index in [0.29, 0.717) is 25.0 Å². The van der Waals surface area contributed by atoms with E-state index in [1.165, 1.54) is 0 Å². The zero-order valence-electron chi connectivity index (χ0n) is 17.1. The molecule has 0 aliphatic heterocycles. The Morgan fingerprint density at radius 1 is 1.20 bits per heavy atom. The smallest absolute Gasteiger partial charge is 0.407 e. The van der Waals surface area contributed by atoms with Gasteiger partial charge < -0.3 is 20.3 Å². The van der Waals surface area contributed by atoms with Crippen LogP contribution in [0.25, 0.3) is 0 Å². The third-order valence-corrected chi connectivity index (χ3v) is 4.20. The second-order valence-corrected chi connectivity index (χ2v) is 8.78. The molecule has 0 unspecified atom stereocenters. The lowest BCUT2D eigenvalue weighted by atomic mass is 9.90. The minimum absolute atomic E-state index is 0.136. The quantitative estimate of drug-likeness (QED) is 0.667. The summed E-state index contributed by atoms with van der Waals surface area (Å²) in [6.07, 6.45) is 2.65. The second kappa shape index (κ2) is 8.88. The maximum Gasteiger partial charge on any atom is 0.407 e. The molecule has 0 bridgehead atoms. The summed E-state index contributed by atoms with van der Waals surface area (Å²) in [5, 5.41) is 6.22. The van der Waals surface area contributed by atoms with E-state index in [0.717, 1.165) is 25.8 Å². The van der Waals surface area contributed by atoms with E-state index in [-0.39, 0.29) is 11.4 Å². The van der Waals surface area contributed by atoms with Gasteiger partial charge in [0.1, 0.15) is 5.60 Å². The van der Waals surface area contributed by atoms with Gasteiger partial charge in [-0.25, -0.2) is 4.79 Å². The number of hydrogen-bond acceptors (Lipinski definition) is 4. The van der Waals surface area contributed by atoms with Gasteiger partial charge in [-0.05, 0) is 59.8 Å². The largest absolute Gasteiger partial charge is 0.444 e. The lowest BCUT2D eigenvalue weighted by Gasteiger charge is -2.34. The van der Waals surface area contributed by atoms with Crippen LogP contribution in [0.2, 0.25) is 0 Å². The number of nitrogens with zero attached hydrogens (tertiary/aromatic N) is 1. The molecule has 1 rings (SSSR count). The Morgan fingerprint density at radius 2 is 1.80 bits per heavy atom. The molecule has 1 atom stereocenters. The third kappa shape index (κ3) is 8.56.